The lowest BCUT2D eigenvalue weighted by Crippen LogP contribution is -2.53. The maximum Gasteiger partial charge on any atom is 0.332 e. The van der Waals surface area contributed by atoms with Crippen molar-refractivity contribution in [2.45, 2.75) is 116 Å². The summed E-state index contributed by atoms with van der Waals surface area (Å²) in [5.41, 5.74) is -0.0851. The molecule has 0 bridgehead atoms. The highest BCUT2D eigenvalue weighted by Gasteiger charge is 2.63. The zero-order valence-corrected chi connectivity index (χ0v) is 26.9. The Morgan fingerprint density at radius 2 is 1.79 bits per heavy atom. The fourth-order valence-electron chi connectivity index (χ4n) is 6.92. The van der Waals surface area contributed by atoms with Gasteiger partial charge in [0.15, 0.2) is 0 Å². The first kappa shape index (κ1) is 34.0. The number of benzene rings is 1. The van der Waals surface area contributed by atoms with Gasteiger partial charge in [-0.15, -0.1) is 0 Å². The minimum Gasteiger partial charge on any atom is -0.464 e. The summed E-state index contributed by atoms with van der Waals surface area (Å²) in [6, 6.07) is 9.53. The van der Waals surface area contributed by atoms with Crippen LogP contribution in [0.25, 0.3) is 0 Å². The van der Waals surface area contributed by atoms with Crippen molar-refractivity contribution in [2.75, 3.05) is 27.4 Å². The molecule has 0 spiro atoms. The van der Waals surface area contributed by atoms with Gasteiger partial charge in [0.1, 0.15) is 5.54 Å². The van der Waals surface area contributed by atoms with E-state index >= 15 is 0 Å². The number of carbonyl (C=O) groups is 3. The van der Waals surface area contributed by atoms with E-state index in [-0.39, 0.29) is 36.5 Å². The third-order valence-electron chi connectivity index (χ3n) is 9.75. The van der Waals surface area contributed by atoms with Crippen molar-refractivity contribution in [3.63, 3.8) is 0 Å². The van der Waals surface area contributed by atoms with Crippen LogP contribution in [0.1, 0.15) is 97.5 Å². The van der Waals surface area contributed by atoms with Gasteiger partial charge in [-0.25, -0.2) is 4.79 Å². The molecule has 2 amide bonds. The van der Waals surface area contributed by atoms with Crippen molar-refractivity contribution in [2.24, 2.45) is 17.8 Å². The van der Waals surface area contributed by atoms with Crippen LogP contribution in [0.15, 0.2) is 30.3 Å². The molecule has 1 aliphatic heterocycles. The van der Waals surface area contributed by atoms with E-state index in [2.05, 4.69) is 26.1 Å². The lowest BCUT2D eigenvalue weighted by Gasteiger charge is -2.36. The number of ether oxygens (including phenoxy) is 3. The molecule has 0 unspecified atom stereocenters. The third-order valence-corrected chi connectivity index (χ3v) is 9.75. The highest BCUT2D eigenvalue weighted by molar-refractivity contribution is 5.93. The molecule has 1 N–H and O–H groups in total. The van der Waals surface area contributed by atoms with Crippen molar-refractivity contribution in [1.29, 1.82) is 0 Å². The van der Waals surface area contributed by atoms with Gasteiger partial charge in [0.2, 0.25) is 11.8 Å². The van der Waals surface area contributed by atoms with E-state index < -0.39 is 23.5 Å². The standard InChI is InChI=1S/C34H54N2O6/c1-8-11-18-26(23(4)9-2)29(40-6)21-30(37)36-20-15-19-28(36)31(41-7)24(5)32(38)35-34(33(39)42-10-3)22-27(34)25-16-13-12-14-17-25/h12-14,16-17,23-24,26-29,31H,8-11,15,18-22H2,1-7H3,(H,35,38)/t23-,24+,26-,27+,28-,29+,31+,34-/m0/s1. The highest BCUT2D eigenvalue weighted by atomic mass is 16.5. The van der Waals surface area contributed by atoms with Gasteiger partial charge in [0, 0.05) is 26.7 Å². The molecule has 2 fully saturated rings. The zero-order chi connectivity index (χ0) is 30.9. The Balaban J connectivity index is 1.73. The van der Waals surface area contributed by atoms with Gasteiger partial charge < -0.3 is 24.4 Å². The number of hydrogen-bond acceptors (Lipinski definition) is 6. The smallest absolute Gasteiger partial charge is 0.332 e. The van der Waals surface area contributed by atoms with Gasteiger partial charge in [-0.2, -0.15) is 0 Å². The van der Waals surface area contributed by atoms with Gasteiger partial charge in [0.05, 0.1) is 37.2 Å². The average molecular weight is 587 g/mol. The molecule has 236 valence electrons. The average Bonchev–Trinajstić information content (AvgIpc) is 3.53. The highest BCUT2D eigenvalue weighted by Crippen LogP contribution is 2.52. The Kier molecular flexibility index (Phi) is 12.9. The number of likely N-dealkylation sites (tertiary alicyclic amines) is 1. The fourth-order valence-corrected chi connectivity index (χ4v) is 6.92. The molecule has 42 heavy (non-hydrogen) atoms. The zero-order valence-electron chi connectivity index (χ0n) is 26.9. The van der Waals surface area contributed by atoms with E-state index in [1.54, 1.807) is 21.1 Å². The van der Waals surface area contributed by atoms with Crippen molar-refractivity contribution < 1.29 is 28.6 Å². The summed E-state index contributed by atoms with van der Waals surface area (Å²) >= 11 is 0. The Labute approximate surface area is 253 Å². The Morgan fingerprint density at radius 3 is 2.38 bits per heavy atom. The van der Waals surface area contributed by atoms with Gasteiger partial charge >= 0.3 is 5.97 Å². The Morgan fingerprint density at radius 1 is 1.07 bits per heavy atom. The quantitative estimate of drug-likeness (QED) is 0.243. The molecule has 8 nitrogen and oxygen atoms in total. The minimum atomic E-state index is -1.08. The molecule has 0 aromatic heterocycles. The molecule has 0 radical (unpaired) electrons. The van der Waals surface area contributed by atoms with E-state index in [1.807, 2.05) is 42.2 Å². The number of amides is 2. The fraction of sp³-hybridized carbons (Fsp3) is 0.735. The van der Waals surface area contributed by atoms with E-state index in [0.29, 0.717) is 31.2 Å². The second kappa shape index (κ2) is 15.9. The van der Waals surface area contributed by atoms with E-state index in [9.17, 15) is 14.4 Å². The molecule has 3 rings (SSSR count). The maximum atomic E-state index is 13.8. The van der Waals surface area contributed by atoms with Crippen LogP contribution < -0.4 is 5.32 Å². The number of unbranched alkanes of at least 4 members (excludes halogenated alkanes) is 1. The summed E-state index contributed by atoms with van der Waals surface area (Å²) in [4.78, 5) is 42.5. The summed E-state index contributed by atoms with van der Waals surface area (Å²) in [7, 11) is 3.31. The van der Waals surface area contributed by atoms with Gasteiger partial charge in [-0.3, -0.25) is 9.59 Å². The number of esters is 1. The summed E-state index contributed by atoms with van der Waals surface area (Å²) in [6.07, 6.45) is 6.12. The molecular weight excluding hydrogens is 532 g/mol. The number of nitrogens with zero attached hydrogens (tertiary/aromatic N) is 1. The second-order valence-electron chi connectivity index (χ2n) is 12.3. The van der Waals surface area contributed by atoms with Crippen LogP contribution in [0.3, 0.4) is 0 Å². The molecule has 2 aliphatic rings. The Hall–Kier alpha value is -2.45. The molecule has 1 heterocycles. The second-order valence-corrected chi connectivity index (χ2v) is 12.3. The summed E-state index contributed by atoms with van der Waals surface area (Å²) in [6.45, 7) is 11.1. The third kappa shape index (κ3) is 7.73. The molecule has 8 heteroatoms. The number of rotatable bonds is 17. The Bertz CT molecular complexity index is 1020. The lowest BCUT2D eigenvalue weighted by atomic mass is 9.81. The molecular formula is C34H54N2O6. The molecule has 8 atom stereocenters. The molecule has 1 saturated carbocycles. The largest absolute Gasteiger partial charge is 0.464 e. The van der Waals surface area contributed by atoms with E-state index in [0.717, 1.165) is 44.1 Å². The van der Waals surface area contributed by atoms with Crippen molar-refractivity contribution in [3.8, 4) is 0 Å². The first-order valence-electron chi connectivity index (χ1n) is 16.1. The minimum absolute atomic E-state index is 0.0538. The SMILES string of the molecule is CCCC[C@@H]([C@@H](C)CC)[C@@H](CC(=O)N1CCC[C@H]1[C@H](OC)[C@@H](C)C(=O)N[C@@]1(C(=O)OCC)C[C@@H]1c1ccccc1)OC. The van der Waals surface area contributed by atoms with Crippen LogP contribution in [-0.2, 0) is 28.6 Å². The van der Waals surface area contributed by atoms with Crippen LogP contribution in [0.4, 0.5) is 0 Å². The number of carbonyl (C=O) groups excluding carboxylic acids is 3. The lowest BCUT2D eigenvalue weighted by molar-refractivity contribution is -0.150. The van der Waals surface area contributed by atoms with Crippen molar-refractivity contribution >= 4 is 17.8 Å². The van der Waals surface area contributed by atoms with E-state index in [1.165, 1.54) is 0 Å². The summed E-state index contributed by atoms with van der Waals surface area (Å²) in [5.74, 6) is -0.549. The topological polar surface area (TPSA) is 94.2 Å². The first-order chi connectivity index (χ1) is 20.2. The van der Waals surface area contributed by atoms with Gasteiger partial charge in [-0.05, 0) is 50.0 Å². The molecule has 1 aromatic carbocycles. The number of nitrogens with one attached hydrogen (secondary N) is 1. The maximum absolute atomic E-state index is 13.8. The predicted molar refractivity (Wildman–Crippen MR) is 164 cm³/mol. The first-order valence-corrected chi connectivity index (χ1v) is 16.1. The number of hydrogen-bond donors (Lipinski definition) is 1. The van der Waals surface area contributed by atoms with Crippen molar-refractivity contribution in [1.82, 2.24) is 10.2 Å². The molecule has 1 aromatic rings. The summed E-state index contributed by atoms with van der Waals surface area (Å²) in [5, 5.41) is 3.06. The summed E-state index contributed by atoms with van der Waals surface area (Å²) < 4.78 is 17.3. The van der Waals surface area contributed by atoms with Gasteiger partial charge in [-0.1, -0.05) is 77.3 Å². The molecule has 1 aliphatic carbocycles. The monoisotopic (exact) mass is 586 g/mol. The van der Waals surface area contributed by atoms with Crippen LogP contribution in [0.2, 0.25) is 0 Å². The van der Waals surface area contributed by atoms with Gasteiger partial charge in [0.25, 0.3) is 0 Å². The molecule has 1 saturated heterocycles. The van der Waals surface area contributed by atoms with Crippen LogP contribution >= 0.6 is 0 Å². The predicted octanol–water partition coefficient (Wildman–Crippen LogP) is 5.49. The van der Waals surface area contributed by atoms with Crippen LogP contribution in [-0.4, -0.2) is 73.8 Å². The van der Waals surface area contributed by atoms with Crippen LogP contribution in [0.5, 0.6) is 0 Å². The van der Waals surface area contributed by atoms with Crippen LogP contribution in [0, 0.1) is 17.8 Å². The van der Waals surface area contributed by atoms with Crippen molar-refractivity contribution in [3.05, 3.63) is 35.9 Å². The van der Waals surface area contributed by atoms with E-state index in [4.69, 9.17) is 14.2 Å². The number of methoxy groups -OCH3 is 2. The normalized spacial score (nSPS) is 25.3.